The number of hydrogen-bond donors (Lipinski definition) is 2. The number of carboxylic acid groups (broad SMARTS) is 1. The molecule has 0 saturated heterocycles. The maximum Gasteiger partial charge on any atom is 0.304 e. The number of benzene rings is 3. The maximum absolute atomic E-state index is 11.7. The molecule has 3 heterocycles. The van der Waals surface area contributed by atoms with Crippen LogP contribution >= 0.6 is 11.6 Å². The topological polar surface area (TPSA) is 81.6 Å². The monoisotopic (exact) mass is 539 g/mol. The van der Waals surface area contributed by atoms with Crippen molar-refractivity contribution >= 4 is 40.7 Å². The average Bonchev–Trinajstić information content (AvgIpc) is 3.21. The van der Waals surface area contributed by atoms with E-state index in [-0.39, 0.29) is 6.42 Å². The second kappa shape index (κ2) is 9.98. The first-order valence-electron chi connectivity index (χ1n) is 13.1. The summed E-state index contributed by atoms with van der Waals surface area (Å²) in [7, 11) is 2.14. The number of aliphatic carboxylic acids is 1. The summed E-state index contributed by atoms with van der Waals surface area (Å²) in [5, 5.41) is 13.4. The molecule has 1 atom stereocenters. The van der Waals surface area contributed by atoms with Gasteiger partial charge in [0, 0.05) is 36.4 Å². The molecular formula is C31H30ClN5O2. The Morgan fingerprint density at radius 1 is 1.13 bits per heavy atom. The van der Waals surface area contributed by atoms with Crippen molar-refractivity contribution in [2.24, 2.45) is 0 Å². The molecule has 1 aromatic heterocycles. The summed E-state index contributed by atoms with van der Waals surface area (Å²) in [6.45, 7) is 4.34. The third-order valence-electron chi connectivity index (χ3n) is 7.74. The predicted octanol–water partition coefficient (Wildman–Crippen LogP) is 6.41. The summed E-state index contributed by atoms with van der Waals surface area (Å²) in [4.78, 5) is 25.4. The third kappa shape index (κ3) is 4.84. The molecule has 3 aromatic carbocycles. The fraction of sp³-hybridized carbons (Fsp3) is 0.258. The van der Waals surface area contributed by atoms with E-state index >= 15 is 0 Å². The van der Waals surface area contributed by atoms with Gasteiger partial charge in [0.1, 0.15) is 5.02 Å². The first kappa shape index (κ1) is 25.3. The zero-order valence-electron chi connectivity index (χ0n) is 22.0. The Morgan fingerprint density at radius 2 is 1.90 bits per heavy atom. The largest absolute Gasteiger partial charge is 0.481 e. The molecule has 0 radical (unpaired) electrons. The second-order valence-electron chi connectivity index (χ2n) is 10.7. The number of carbonyl (C=O) groups is 1. The van der Waals surface area contributed by atoms with Crippen molar-refractivity contribution in [2.75, 3.05) is 30.4 Å². The van der Waals surface area contributed by atoms with Crippen molar-refractivity contribution in [1.29, 1.82) is 0 Å². The van der Waals surface area contributed by atoms with E-state index in [9.17, 15) is 9.90 Å². The van der Waals surface area contributed by atoms with E-state index in [1.54, 1.807) is 6.20 Å². The van der Waals surface area contributed by atoms with Crippen LogP contribution in [0.4, 0.5) is 23.1 Å². The zero-order chi connectivity index (χ0) is 27.1. The fourth-order valence-electron chi connectivity index (χ4n) is 5.94. The lowest BCUT2D eigenvalue weighted by Gasteiger charge is -2.28. The first-order valence-corrected chi connectivity index (χ1v) is 13.5. The van der Waals surface area contributed by atoms with E-state index in [1.165, 1.54) is 22.3 Å². The maximum atomic E-state index is 11.7. The molecule has 0 spiro atoms. The Labute approximate surface area is 233 Å². The normalized spacial score (nSPS) is 18.5. The van der Waals surface area contributed by atoms with Gasteiger partial charge in [0.05, 0.1) is 12.6 Å². The summed E-state index contributed by atoms with van der Waals surface area (Å²) in [6, 6.07) is 22.7. The summed E-state index contributed by atoms with van der Waals surface area (Å²) in [5.74, 6) is 0.149. The number of carboxylic acids is 1. The van der Waals surface area contributed by atoms with Gasteiger partial charge >= 0.3 is 5.97 Å². The van der Waals surface area contributed by atoms with Gasteiger partial charge in [-0.3, -0.25) is 4.79 Å². The molecule has 0 saturated carbocycles. The molecular weight excluding hydrogens is 510 g/mol. The number of nitrogens with zero attached hydrogens (tertiary/aromatic N) is 4. The number of anilines is 4. The number of aromatic nitrogens is 2. The molecule has 2 N–H and O–H groups in total. The quantitative estimate of drug-likeness (QED) is 0.293. The van der Waals surface area contributed by atoms with Gasteiger partial charge in [-0.2, -0.15) is 4.98 Å². The highest BCUT2D eigenvalue weighted by atomic mass is 35.5. The Kier molecular flexibility index (Phi) is 6.49. The highest BCUT2D eigenvalue weighted by molar-refractivity contribution is 6.33. The predicted molar refractivity (Wildman–Crippen MR) is 155 cm³/mol. The smallest absolute Gasteiger partial charge is 0.304 e. The lowest BCUT2D eigenvalue weighted by atomic mass is 9.81. The summed E-state index contributed by atoms with van der Waals surface area (Å²) >= 11 is 6.64. The average molecular weight is 540 g/mol. The molecule has 6 rings (SSSR count). The Bertz CT molecular complexity index is 1560. The molecule has 39 heavy (non-hydrogen) atoms. The van der Waals surface area contributed by atoms with Crippen molar-refractivity contribution in [1.82, 2.24) is 14.9 Å². The van der Waals surface area contributed by atoms with Gasteiger partial charge < -0.3 is 20.2 Å². The van der Waals surface area contributed by atoms with Crippen LogP contribution in [-0.4, -0.2) is 46.1 Å². The van der Waals surface area contributed by atoms with Gasteiger partial charge in [0.25, 0.3) is 0 Å². The molecule has 2 aliphatic heterocycles. The fourth-order valence-corrected chi connectivity index (χ4v) is 6.13. The van der Waals surface area contributed by atoms with Crippen LogP contribution in [0.1, 0.15) is 30.0 Å². The lowest BCUT2D eigenvalue weighted by Crippen LogP contribution is -2.31. The molecule has 7 nitrogen and oxygen atoms in total. The number of rotatable bonds is 6. The highest BCUT2D eigenvalue weighted by Crippen LogP contribution is 2.47. The van der Waals surface area contributed by atoms with Crippen LogP contribution in [0.25, 0.3) is 11.1 Å². The van der Waals surface area contributed by atoms with Crippen LogP contribution in [-0.2, 0) is 23.2 Å². The SMILES string of the molecule is CN1CCc2c(cc(Nc3ncc(Cl)c(N4CC(C)(CC(=O)O)c5ccccc54)n3)cc2-c2ccccc2)C1. The summed E-state index contributed by atoms with van der Waals surface area (Å²) in [5.41, 5.74) is 7.31. The number of likely N-dealkylation sites (N-methyl/N-ethyl adjacent to an activating group) is 1. The standard InChI is InChI=1S/C31H30ClN5O2/c1-31(16-28(38)39)19-37(27-11-7-6-10-25(27)31)29-26(32)17-33-30(35-29)34-22-14-21-18-36(2)13-12-23(21)24(15-22)20-8-4-3-5-9-20/h3-11,14-15,17H,12-13,16,18-19H2,1-2H3,(H,38,39)(H,33,34,35). The van der Waals surface area contributed by atoms with E-state index in [0.717, 1.165) is 36.4 Å². The minimum Gasteiger partial charge on any atom is -0.481 e. The van der Waals surface area contributed by atoms with E-state index in [1.807, 2.05) is 42.2 Å². The zero-order valence-corrected chi connectivity index (χ0v) is 22.7. The highest BCUT2D eigenvalue weighted by Gasteiger charge is 2.42. The van der Waals surface area contributed by atoms with Crippen molar-refractivity contribution in [3.8, 4) is 11.1 Å². The number of halogens is 1. The molecule has 0 bridgehead atoms. The summed E-state index contributed by atoms with van der Waals surface area (Å²) < 4.78 is 0. The summed E-state index contributed by atoms with van der Waals surface area (Å²) in [6.07, 6.45) is 2.62. The second-order valence-corrected chi connectivity index (χ2v) is 11.1. The number of fused-ring (bicyclic) bond motifs is 2. The Balaban J connectivity index is 1.37. The molecule has 0 aliphatic carbocycles. The molecule has 0 amide bonds. The molecule has 1 unspecified atom stereocenters. The Morgan fingerprint density at radius 3 is 2.69 bits per heavy atom. The Hall–Kier alpha value is -3.94. The van der Waals surface area contributed by atoms with Crippen LogP contribution in [0.15, 0.2) is 72.9 Å². The molecule has 198 valence electrons. The minimum atomic E-state index is -0.836. The van der Waals surface area contributed by atoms with E-state index in [0.29, 0.717) is 23.3 Å². The van der Waals surface area contributed by atoms with Gasteiger partial charge in [-0.25, -0.2) is 4.98 Å². The first-order chi connectivity index (χ1) is 18.8. The van der Waals surface area contributed by atoms with Gasteiger partial charge in [-0.15, -0.1) is 0 Å². The van der Waals surface area contributed by atoms with Gasteiger partial charge in [0.2, 0.25) is 5.95 Å². The molecule has 0 fully saturated rings. The number of hydrogen-bond acceptors (Lipinski definition) is 6. The van der Waals surface area contributed by atoms with Gasteiger partial charge in [-0.05, 0) is 59.5 Å². The van der Waals surface area contributed by atoms with Crippen molar-refractivity contribution in [3.05, 3.63) is 94.6 Å². The van der Waals surface area contributed by atoms with Crippen LogP contribution in [0.2, 0.25) is 5.02 Å². The van der Waals surface area contributed by atoms with Gasteiger partial charge in [-0.1, -0.05) is 67.1 Å². The number of nitrogens with one attached hydrogen (secondary N) is 1. The van der Waals surface area contributed by atoms with E-state index < -0.39 is 11.4 Å². The van der Waals surface area contributed by atoms with Gasteiger partial charge in [0.15, 0.2) is 5.82 Å². The molecule has 4 aromatic rings. The lowest BCUT2D eigenvalue weighted by molar-refractivity contribution is -0.138. The van der Waals surface area contributed by atoms with Crippen molar-refractivity contribution in [2.45, 2.75) is 31.7 Å². The molecule has 2 aliphatic rings. The van der Waals surface area contributed by atoms with E-state index in [2.05, 4.69) is 58.6 Å². The van der Waals surface area contributed by atoms with Crippen LogP contribution in [0, 0.1) is 0 Å². The third-order valence-corrected chi connectivity index (χ3v) is 8.01. The molecule has 8 heteroatoms. The minimum absolute atomic E-state index is 0.0140. The van der Waals surface area contributed by atoms with E-state index in [4.69, 9.17) is 16.6 Å². The van der Waals surface area contributed by atoms with Crippen LogP contribution < -0.4 is 10.2 Å². The van der Waals surface area contributed by atoms with Crippen molar-refractivity contribution in [3.63, 3.8) is 0 Å². The van der Waals surface area contributed by atoms with Crippen LogP contribution in [0.5, 0.6) is 0 Å². The van der Waals surface area contributed by atoms with Crippen molar-refractivity contribution < 1.29 is 9.90 Å². The van der Waals surface area contributed by atoms with Crippen LogP contribution in [0.3, 0.4) is 0 Å². The number of para-hydroxylation sites is 1.